The minimum atomic E-state index is -0.0580. The Kier molecular flexibility index (Phi) is 8.34. The van der Waals surface area contributed by atoms with Gasteiger partial charge in [0, 0.05) is 18.2 Å². The monoisotopic (exact) mass is 400 g/mol. The highest BCUT2D eigenvalue weighted by Gasteiger charge is 2.19. The maximum Gasteiger partial charge on any atom is 0.234 e. The van der Waals surface area contributed by atoms with Gasteiger partial charge in [-0.2, -0.15) is 0 Å². The number of nitrogens with zero attached hydrogens (tertiary/aromatic N) is 1. The minimum absolute atomic E-state index is 0.0190. The Hall–Kier alpha value is -2.73. The van der Waals surface area contributed by atoms with Crippen molar-refractivity contribution in [3.8, 4) is 17.2 Å². The number of benzene rings is 2. The van der Waals surface area contributed by atoms with E-state index >= 15 is 0 Å². The number of nitrogens with one attached hydrogen (secondary N) is 1. The zero-order chi connectivity index (χ0) is 21.4. The molecule has 0 saturated heterocycles. The average molecular weight is 401 g/mol. The summed E-state index contributed by atoms with van der Waals surface area (Å²) in [5.74, 6) is 2.53. The molecule has 1 atom stereocenters. The van der Waals surface area contributed by atoms with Crippen molar-refractivity contribution in [3.63, 3.8) is 0 Å². The van der Waals surface area contributed by atoms with Crippen molar-refractivity contribution in [1.29, 1.82) is 0 Å². The van der Waals surface area contributed by atoms with Crippen molar-refractivity contribution in [1.82, 2.24) is 10.2 Å². The molecule has 0 bridgehead atoms. The van der Waals surface area contributed by atoms with Gasteiger partial charge in [0.05, 0.1) is 33.9 Å². The van der Waals surface area contributed by atoms with Crippen LogP contribution in [0.3, 0.4) is 0 Å². The van der Waals surface area contributed by atoms with E-state index in [1.165, 1.54) is 0 Å². The highest BCUT2D eigenvalue weighted by molar-refractivity contribution is 5.78. The molecule has 0 aliphatic carbocycles. The Bertz CT molecular complexity index is 790. The third-order valence-corrected chi connectivity index (χ3v) is 4.81. The molecule has 0 heterocycles. The summed E-state index contributed by atoms with van der Waals surface area (Å²) in [4.78, 5) is 14.6. The first kappa shape index (κ1) is 22.6. The third-order valence-electron chi connectivity index (χ3n) is 4.81. The highest BCUT2D eigenvalue weighted by Crippen LogP contribution is 2.26. The molecule has 1 N–H and O–H groups in total. The summed E-state index contributed by atoms with van der Waals surface area (Å²) in [6.45, 7) is 5.08. The van der Waals surface area contributed by atoms with Crippen LogP contribution in [0.5, 0.6) is 17.2 Å². The van der Waals surface area contributed by atoms with Crippen LogP contribution in [0.2, 0.25) is 0 Å². The summed E-state index contributed by atoms with van der Waals surface area (Å²) in [7, 11) is 6.82. The summed E-state index contributed by atoms with van der Waals surface area (Å²) in [5.41, 5.74) is 2.06. The first-order valence-electron chi connectivity index (χ1n) is 9.70. The minimum Gasteiger partial charge on any atom is -0.497 e. The lowest BCUT2D eigenvalue weighted by molar-refractivity contribution is -0.123. The molecule has 0 radical (unpaired) electrons. The van der Waals surface area contributed by atoms with Crippen LogP contribution >= 0.6 is 0 Å². The summed E-state index contributed by atoms with van der Waals surface area (Å²) < 4.78 is 15.9. The van der Waals surface area contributed by atoms with Gasteiger partial charge in [-0.05, 0) is 36.7 Å². The number of methoxy groups -OCH3 is 3. The predicted molar refractivity (Wildman–Crippen MR) is 115 cm³/mol. The summed E-state index contributed by atoms with van der Waals surface area (Å²) in [6.07, 6.45) is 0. The maximum atomic E-state index is 12.7. The van der Waals surface area contributed by atoms with Crippen LogP contribution in [0.25, 0.3) is 0 Å². The Morgan fingerprint density at radius 1 is 0.966 bits per heavy atom. The lowest BCUT2D eigenvalue weighted by Crippen LogP contribution is -2.38. The fourth-order valence-corrected chi connectivity index (χ4v) is 3.24. The molecule has 0 spiro atoms. The van der Waals surface area contributed by atoms with Crippen LogP contribution in [0.15, 0.2) is 42.5 Å². The van der Waals surface area contributed by atoms with E-state index < -0.39 is 0 Å². The van der Waals surface area contributed by atoms with Crippen LogP contribution in [-0.4, -0.2) is 45.7 Å². The molecule has 6 nitrogen and oxygen atoms in total. The van der Waals surface area contributed by atoms with E-state index in [1.54, 1.807) is 21.3 Å². The van der Waals surface area contributed by atoms with Gasteiger partial charge in [0.2, 0.25) is 5.91 Å². The van der Waals surface area contributed by atoms with Crippen LogP contribution in [0, 0.1) is 5.92 Å². The van der Waals surface area contributed by atoms with Crippen molar-refractivity contribution >= 4 is 5.91 Å². The van der Waals surface area contributed by atoms with E-state index in [1.807, 2.05) is 54.4 Å². The Labute approximate surface area is 173 Å². The lowest BCUT2D eigenvalue weighted by atomic mass is 9.96. The second-order valence-corrected chi connectivity index (χ2v) is 7.41. The zero-order valence-electron chi connectivity index (χ0n) is 18.2. The molecular weight excluding hydrogens is 368 g/mol. The van der Waals surface area contributed by atoms with Crippen LogP contribution in [0.4, 0.5) is 0 Å². The summed E-state index contributed by atoms with van der Waals surface area (Å²) in [6, 6.07) is 13.5. The number of amides is 1. The van der Waals surface area contributed by atoms with E-state index in [4.69, 9.17) is 14.2 Å². The second-order valence-electron chi connectivity index (χ2n) is 7.41. The normalized spacial score (nSPS) is 12.0. The predicted octanol–water partition coefficient (Wildman–Crippen LogP) is 3.66. The molecule has 0 aromatic heterocycles. The first-order chi connectivity index (χ1) is 13.9. The van der Waals surface area contributed by atoms with E-state index in [0.717, 1.165) is 28.4 Å². The SMILES string of the molecule is COc1ccc(C(NC(=O)CN(C)Cc2ccc(OC)cc2OC)C(C)C)cc1. The van der Waals surface area contributed by atoms with E-state index in [-0.39, 0.29) is 24.4 Å². The molecule has 29 heavy (non-hydrogen) atoms. The molecule has 2 aromatic rings. The number of carbonyl (C=O) groups excluding carboxylic acids is 1. The van der Waals surface area contributed by atoms with Crippen LogP contribution in [-0.2, 0) is 11.3 Å². The quantitative estimate of drug-likeness (QED) is 0.660. The van der Waals surface area contributed by atoms with Crippen molar-refractivity contribution < 1.29 is 19.0 Å². The fraction of sp³-hybridized carbons (Fsp3) is 0.435. The van der Waals surface area contributed by atoms with Gasteiger partial charge in [-0.1, -0.05) is 32.0 Å². The molecule has 2 rings (SSSR count). The largest absolute Gasteiger partial charge is 0.497 e. The molecule has 0 aliphatic rings. The molecule has 0 aliphatic heterocycles. The Morgan fingerprint density at radius 3 is 2.14 bits per heavy atom. The van der Waals surface area contributed by atoms with Gasteiger partial charge in [0.15, 0.2) is 0 Å². The number of hydrogen-bond donors (Lipinski definition) is 1. The molecule has 2 aromatic carbocycles. The summed E-state index contributed by atoms with van der Waals surface area (Å²) in [5, 5.41) is 3.16. The molecule has 1 unspecified atom stereocenters. The van der Waals surface area contributed by atoms with Gasteiger partial charge in [-0.15, -0.1) is 0 Å². The molecule has 1 amide bonds. The van der Waals surface area contributed by atoms with Gasteiger partial charge < -0.3 is 19.5 Å². The standard InChI is InChI=1S/C23H32N2O4/c1-16(2)23(17-7-10-19(27-4)11-8-17)24-22(26)15-25(3)14-18-9-12-20(28-5)13-21(18)29-6/h7-13,16,23H,14-15H2,1-6H3,(H,24,26). The molecule has 0 saturated carbocycles. The van der Waals surface area contributed by atoms with Crippen molar-refractivity contribution in [2.45, 2.75) is 26.4 Å². The molecule has 0 fully saturated rings. The van der Waals surface area contributed by atoms with Crippen molar-refractivity contribution in [2.75, 3.05) is 34.9 Å². The van der Waals surface area contributed by atoms with Crippen LogP contribution < -0.4 is 19.5 Å². The zero-order valence-corrected chi connectivity index (χ0v) is 18.2. The van der Waals surface area contributed by atoms with Gasteiger partial charge in [-0.3, -0.25) is 9.69 Å². The van der Waals surface area contributed by atoms with E-state index in [0.29, 0.717) is 6.54 Å². The third kappa shape index (κ3) is 6.39. The number of likely N-dealkylation sites (N-methyl/N-ethyl adjacent to an activating group) is 1. The number of carbonyl (C=O) groups is 1. The van der Waals surface area contributed by atoms with Gasteiger partial charge >= 0.3 is 0 Å². The summed E-state index contributed by atoms with van der Waals surface area (Å²) >= 11 is 0. The average Bonchev–Trinajstić information content (AvgIpc) is 2.72. The van der Waals surface area contributed by atoms with Crippen molar-refractivity contribution in [3.05, 3.63) is 53.6 Å². The Morgan fingerprint density at radius 2 is 1.59 bits per heavy atom. The number of ether oxygens (including phenoxy) is 3. The topological polar surface area (TPSA) is 60.0 Å². The van der Waals surface area contributed by atoms with Crippen molar-refractivity contribution in [2.24, 2.45) is 5.92 Å². The van der Waals surface area contributed by atoms with Gasteiger partial charge in [-0.25, -0.2) is 0 Å². The smallest absolute Gasteiger partial charge is 0.234 e. The Balaban J connectivity index is 2.00. The number of hydrogen-bond acceptors (Lipinski definition) is 5. The molecular formula is C23H32N2O4. The van der Waals surface area contributed by atoms with E-state index in [9.17, 15) is 4.79 Å². The molecule has 158 valence electrons. The number of rotatable bonds is 10. The van der Waals surface area contributed by atoms with Gasteiger partial charge in [0.1, 0.15) is 17.2 Å². The molecule has 6 heteroatoms. The van der Waals surface area contributed by atoms with E-state index in [2.05, 4.69) is 19.2 Å². The lowest BCUT2D eigenvalue weighted by Gasteiger charge is -2.25. The van der Waals surface area contributed by atoms with Gasteiger partial charge in [0.25, 0.3) is 0 Å². The van der Waals surface area contributed by atoms with Crippen LogP contribution in [0.1, 0.15) is 31.0 Å². The fourth-order valence-electron chi connectivity index (χ4n) is 3.24. The maximum absolute atomic E-state index is 12.7. The highest BCUT2D eigenvalue weighted by atomic mass is 16.5. The second kappa shape index (κ2) is 10.7. The first-order valence-corrected chi connectivity index (χ1v) is 9.70.